The number of hydrogen-bond donors (Lipinski definition) is 2. The van der Waals surface area contributed by atoms with Crippen molar-refractivity contribution < 1.29 is 14.3 Å². The van der Waals surface area contributed by atoms with Gasteiger partial charge in [-0.05, 0) is 88.2 Å². The summed E-state index contributed by atoms with van der Waals surface area (Å²) in [6, 6.07) is 24.2. The van der Waals surface area contributed by atoms with Crippen molar-refractivity contribution >= 4 is 17.7 Å². The zero-order valence-electron chi connectivity index (χ0n) is 24.1. The average molecular weight is 554 g/mol. The van der Waals surface area contributed by atoms with Crippen molar-refractivity contribution in [2.45, 2.75) is 87.7 Å². The summed E-state index contributed by atoms with van der Waals surface area (Å²) in [5, 5.41) is 12.7. The number of aliphatic hydroxyl groups is 1. The molecule has 1 amide bonds. The van der Waals surface area contributed by atoms with Crippen LogP contribution >= 0.6 is 11.8 Å². The molecule has 4 aromatic rings. The second kappa shape index (κ2) is 11.3. The molecular formula is C35H39NO3S. The van der Waals surface area contributed by atoms with Crippen LogP contribution in [0.5, 0.6) is 0 Å². The molecule has 2 N–H and O–H groups in total. The van der Waals surface area contributed by atoms with Crippen LogP contribution in [0.4, 0.5) is 0 Å². The Kier molecular flexibility index (Phi) is 7.98. The standard InChI is InChI=1S/C35H39NO3S/c1-23-18-28-29(35(4,5)17-16-34(28,2)3)20-26(23)19-27-14-15-30(39-27)33(38)36-21-24-10-6-8-12-31(24)40-32-13-9-7-11-25(32)22-37/h6-15,18,20,37H,16-17,19,21-22H2,1-5H3,(H,36,38). The molecule has 0 bridgehead atoms. The summed E-state index contributed by atoms with van der Waals surface area (Å²) in [5.41, 5.74) is 7.64. The first-order chi connectivity index (χ1) is 19.1. The summed E-state index contributed by atoms with van der Waals surface area (Å²) in [5.74, 6) is 0.882. The van der Waals surface area contributed by atoms with E-state index in [0.29, 0.717) is 18.7 Å². The minimum absolute atomic E-state index is 0.0103. The molecule has 0 atom stereocenters. The summed E-state index contributed by atoms with van der Waals surface area (Å²) in [6.07, 6.45) is 3.03. The first kappa shape index (κ1) is 28.3. The molecule has 5 rings (SSSR count). The number of hydrogen-bond acceptors (Lipinski definition) is 4. The van der Waals surface area contributed by atoms with Crippen molar-refractivity contribution in [2.75, 3.05) is 0 Å². The van der Waals surface area contributed by atoms with Gasteiger partial charge in [-0.15, -0.1) is 0 Å². The lowest BCUT2D eigenvalue weighted by atomic mass is 9.62. The van der Waals surface area contributed by atoms with Gasteiger partial charge in [0.25, 0.3) is 5.91 Å². The SMILES string of the molecule is Cc1cc2c(cc1Cc1ccc(C(=O)NCc3ccccc3Sc3ccccc3CO)o1)C(C)(C)CCC2(C)C. The van der Waals surface area contributed by atoms with E-state index >= 15 is 0 Å². The molecule has 0 saturated heterocycles. The van der Waals surface area contributed by atoms with Crippen molar-refractivity contribution in [3.8, 4) is 0 Å². The predicted octanol–water partition coefficient (Wildman–Crippen LogP) is 8.10. The molecule has 4 nitrogen and oxygen atoms in total. The Hall–Kier alpha value is -3.28. The third-order valence-electron chi connectivity index (χ3n) is 8.33. The Morgan fingerprint density at radius 3 is 2.12 bits per heavy atom. The van der Waals surface area contributed by atoms with E-state index in [2.05, 4.69) is 52.1 Å². The van der Waals surface area contributed by atoms with Gasteiger partial charge in [-0.1, -0.05) is 88.0 Å². The number of rotatable bonds is 8. The lowest BCUT2D eigenvalue weighted by Gasteiger charge is -2.42. The minimum Gasteiger partial charge on any atom is -0.456 e. The number of carbonyl (C=O) groups excluding carboxylic acids is 1. The van der Waals surface area contributed by atoms with Crippen LogP contribution in [-0.4, -0.2) is 11.0 Å². The van der Waals surface area contributed by atoms with Crippen LogP contribution < -0.4 is 5.32 Å². The van der Waals surface area contributed by atoms with E-state index in [-0.39, 0.29) is 23.3 Å². The van der Waals surface area contributed by atoms with E-state index in [0.717, 1.165) is 26.7 Å². The van der Waals surface area contributed by atoms with E-state index in [4.69, 9.17) is 4.42 Å². The molecule has 1 heterocycles. The summed E-state index contributed by atoms with van der Waals surface area (Å²) in [6.45, 7) is 11.9. The van der Waals surface area contributed by atoms with E-state index in [1.807, 2.05) is 54.6 Å². The monoisotopic (exact) mass is 553 g/mol. The lowest BCUT2D eigenvalue weighted by Crippen LogP contribution is -2.34. The Bertz CT molecular complexity index is 1530. The maximum Gasteiger partial charge on any atom is 0.287 e. The van der Waals surface area contributed by atoms with Gasteiger partial charge < -0.3 is 14.8 Å². The smallest absolute Gasteiger partial charge is 0.287 e. The largest absolute Gasteiger partial charge is 0.456 e. The number of fused-ring (bicyclic) bond motifs is 1. The summed E-state index contributed by atoms with van der Waals surface area (Å²) in [7, 11) is 0. The molecule has 5 heteroatoms. The fraction of sp³-hybridized carbons (Fsp3) is 0.343. The maximum absolute atomic E-state index is 13.0. The molecule has 0 unspecified atom stereocenters. The Labute approximate surface area is 242 Å². The van der Waals surface area contributed by atoms with Crippen molar-refractivity contribution in [3.05, 3.63) is 118 Å². The third-order valence-corrected chi connectivity index (χ3v) is 9.57. The number of furan rings is 1. The lowest BCUT2D eigenvalue weighted by molar-refractivity contribution is 0.0921. The van der Waals surface area contributed by atoms with E-state index in [9.17, 15) is 9.90 Å². The van der Waals surface area contributed by atoms with Gasteiger partial charge in [-0.2, -0.15) is 0 Å². The molecular weight excluding hydrogens is 514 g/mol. The summed E-state index contributed by atoms with van der Waals surface area (Å²) >= 11 is 1.59. The molecule has 1 aliphatic carbocycles. The second-order valence-electron chi connectivity index (χ2n) is 12.2. The molecule has 0 aliphatic heterocycles. The van der Waals surface area contributed by atoms with Crippen molar-refractivity contribution in [1.82, 2.24) is 5.32 Å². The molecule has 0 radical (unpaired) electrons. The third kappa shape index (κ3) is 5.91. The molecule has 208 valence electrons. The average Bonchev–Trinajstić information content (AvgIpc) is 3.40. The number of carbonyl (C=O) groups is 1. The first-order valence-corrected chi connectivity index (χ1v) is 14.8. The number of nitrogens with one attached hydrogen (secondary N) is 1. The Balaban J connectivity index is 1.28. The van der Waals surface area contributed by atoms with Crippen molar-refractivity contribution in [1.29, 1.82) is 0 Å². The molecule has 0 saturated carbocycles. The molecule has 0 fully saturated rings. The highest BCUT2D eigenvalue weighted by Gasteiger charge is 2.37. The van der Waals surface area contributed by atoms with E-state index in [1.54, 1.807) is 17.8 Å². The summed E-state index contributed by atoms with van der Waals surface area (Å²) in [4.78, 5) is 15.1. The fourth-order valence-corrected chi connectivity index (χ4v) is 6.67. The van der Waals surface area contributed by atoms with Crippen LogP contribution in [0.1, 0.15) is 90.2 Å². The van der Waals surface area contributed by atoms with E-state index in [1.165, 1.54) is 35.1 Å². The fourth-order valence-electron chi connectivity index (χ4n) is 5.60. The highest BCUT2D eigenvalue weighted by molar-refractivity contribution is 7.99. The van der Waals surface area contributed by atoms with Gasteiger partial charge >= 0.3 is 0 Å². The number of benzene rings is 3. The molecule has 40 heavy (non-hydrogen) atoms. The van der Waals surface area contributed by atoms with Gasteiger partial charge in [0.05, 0.1) is 6.61 Å². The zero-order chi connectivity index (χ0) is 28.5. The van der Waals surface area contributed by atoms with Gasteiger partial charge in [0.15, 0.2) is 5.76 Å². The van der Waals surface area contributed by atoms with Gasteiger partial charge in [0.2, 0.25) is 0 Å². The van der Waals surface area contributed by atoms with Crippen LogP contribution in [-0.2, 0) is 30.4 Å². The quantitative estimate of drug-likeness (QED) is 0.231. The maximum atomic E-state index is 13.0. The van der Waals surface area contributed by atoms with Crippen LogP contribution in [0, 0.1) is 6.92 Å². The van der Waals surface area contributed by atoms with Gasteiger partial charge in [0, 0.05) is 22.8 Å². The number of aliphatic hydroxyl groups excluding tert-OH is 1. The topological polar surface area (TPSA) is 62.5 Å². The minimum atomic E-state index is -0.230. The molecule has 1 aromatic heterocycles. The predicted molar refractivity (Wildman–Crippen MR) is 162 cm³/mol. The van der Waals surface area contributed by atoms with Crippen LogP contribution in [0.2, 0.25) is 0 Å². The second-order valence-corrected chi connectivity index (χ2v) is 13.3. The first-order valence-electron chi connectivity index (χ1n) is 14.0. The highest BCUT2D eigenvalue weighted by Crippen LogP contribution is 2.46. The zero-order valence-corrected chi connectivity index (χ0v) is 25.0. The van der Waals surface area contributed by atoms with Gasteiger partial charge in [-0.3, -0.25) is 4.79 Å². The number of aryl methyl sites for hydroxylation is 1. The van der Waals surface area contributed by atoms with Gasteiger partial charge in [-0.25, -0.2) is 0 Å². The van der Waals surface area contributed by atoms with Gasteiger partial charge in [0.1, 0.15) is 5.76 Å². The van der Waals surface area contributed by atoms with Crippen LogP contribution in [0.25, 0.3) is 0 Å². The van der Waals surface area contributed by atoms with Crippen LogP contribution in [0.15, 0.2) is 87.0 Å². The Morgan fingerprint density at radius 1 is 0.850 bits per heavy atom. The van der Waals surface area contributed by atoms with Crippen molar-refractivity contribution in [2.24, 2.45) is 0 Å². The Morgan fingerprint density at radius 2 is 1.45 bits per heavy atom. The molecule has 3 aromatic carbocycles. The summed E-state index contributed by atoms with van der Waals surface area (Å²) < 4.78 is 6.04. The normalized spacial score (nSPS) is 15.4. The molecule has 1 aliphatic rings. The van der Waals surface area contributed by atoms with Crippen molar-refractivity contribution in [3.63, 3.8) is 0 Å². The molecule has 0 spiro atoms. The van der Waals surface area contributed by atoms with E-state index < -0.39 is 0 Å². The number of amides is 1. The van der Waals surface area contributed by atoms with Crippen LogP contribution in [0.3, 0.4) is 0 Å². The highest BCUT2D eigenvalue weighted by atomic mass is 32.2.